The maximum absolute atomic E-state index is 3.48. The van der Waals surface area contributed by atoms with Gasteiger partial charge in [-0.1, -0.05) is 42.0 Å². The number of para-hydroxylation sites is 6. The zero-order chi connectivity index (χ0) is 30.1. The van der Waals surface area contributed by atoms with Gasteiger partial charge in [-0.25, -0.2) is 0 Å². The number of rotatable bonds is 3. The maximum Gasteiger partial charge on any atom is 4.00 e. The van der Waals surface area contributed by atoms with Crippen LogP contribution in [0.2, 0.25) is 11.6 Å². The van der Waals surface area contributed by atoms with Gasteiger partial charge in [0.1, 0.15) is 0 Å². The van der Waals surface area contributed by atoms with E-state index in [1.807, 2.05) is 42.5 Å². The van der Waals surface area contributed by atoms with Gasteiger partial charge in [0, 0.05) is 0 Å². The average Bonchev–Trinajstić information content (AvgIpc) is 3.46. The van der Waals surface area contributed by atoms with Crippen molar-refractivity contribution in [2.75, 3.05) is 4.90 Å². The molecule has 0 saturated carbocycles. The summed E-state index contributed by atoms with van der Waals surface area (Å²) in [5.74, 6) is 4.88. The first-order valence-corrected chi connectivity index (χ1v) is 19.8. The Labute approximate surface area is 282 Å². The van der Waals surface area contributed by atoms with Crippen LogP contribution in [0.5, 0.6) is 0 Å². The second-order valence-corrected chi connectivity index (χ2v) is 18.5. The van der Waals surface area contributed by atoms with Crippen LogP contribution in [-0.2, 0) is 21.1 Å². The first-order chi connectivity index (χ1) is 21.5. The van der Waals surface area contributed by atoms with Gasteiger partial charge in [0.15, 0.2) is 0 Å². The molecule has 6 aromatic carbocycles. The molecule has 0 saturated heterocycles. The van der Waals surface area contributed by atoms with E-state index in [2.05, 4.69) is 154 Å². The van der Waals surface area contributed by atoms with Gasteiger partial charge in [0.25, 0.3) is 6.33 Å². The van der Waals surface area contributed by atoms with Gasteiger partial charge in [-0.2, -0.15) is 30.3 Å². The number of hydrogen-bond donors (Lipinski definition) is 0. The van der Waals surface area contributed by atoms with E-state index in [-0.39, 0.29) is 21.1 Å². The van der Waals surface area contributed by atoms with Crippen molar-refractivity contribution in [3.8, 4) is 11.4 Å². The van der Waals surface area contributed by atoms with Gasteiger partial charge in [0.2, 0.25) is 0 Å². The summed E-state index contributed by atoms with van der Waals surface area (Å²) in [6.07, 6.45) is 3.44. The molecule has 0 bridgehead atoms. The summed E-state index contributed by atoms with van der Waals surface area (Å²) in [6, 6.07) is 58.2. The molecule has 0 N–H and O–H groups in total. The minimum Gasteiger partial charge on any atom is -0.315 e. The predicted molar refractivity (Wildman–Crippen MR) is 183 cm³/mol. The first kappa shape index (κ1) is 30.8. The van der Waals surface area contributed by atoms with E-state index >= 15 is 0 Å². The third-order valence-electron chi connectivity index (χ3n) is 7.95. The maximum atomic E-state index is 3.48. The van der Waals surface area contributed by atoms with E-state index in [4.69, 9.17) is 0 Å². The van der Waals surface area contributed by atoms with Crippen molar-refractivity contribution in [3.63, 3.8) is 0 Å². The van der Waals surface area contributed by atoms with E-state index in [9.17, 15) is 0 Å². The SMILES string of the molecule is C[Se]1(C)c2ccc[c-]c2N(c2[c-]cccc2)c2ccccc21.Cc1ccc(-[n+]2[c-]n(-c3[c-]cccc3)c3ccccc32)cc1.[Pt+4]. The Kier molecular flexibility index (Phi) is 8.92. The molecule has 2 heterocycles. The molecule has 0 atom stereocenters. The Morgan fingerprint density at radius 1 is 0.600 bits per heavy atom. The smallest absolute Gasteiger partial charge is 0.315 e. The molecule has 5 heteroatoms. The van der Waals surface area contributed by atoms with Crippen LogP contribution < -0.4 is 18.4 Å². The van der Waals surface area contributed by atoms with Crippen LogP contribution in [0, 0.1) is 31.5 Å². The molecule has 7 aromatic rings. The fourth-order valence-corrected chi connectivity index (χ4v) is 10.7. The number of benzene rings is 6. The number of aryl methyl sites for hydroxylation is 1. The molecule has 0 radical (unpaired) electrons. The van der Waals surface area contributed by atoms with Gasteiger partial charge in [-0.05, 0) is 24.7 Å². The van der Waals surface area contributed by atoms with Crippen molar-refractivity contribution in [2.45, 2.75) is 18.6 Å². The van der Waals surface area contributed by atoms with Crippen LogP contribution in [0.15, 0.2) is 140 Å². The summed E-state index contributed by atoms with van der Waals surface area (Å²) in [6.45, 7) is 2.10. The van der Waals surface area contributed by atoms with Crippen molar-refractivity contribution in [2.24, 2.45) is 0 Å². The zero-order valence-electron chi connectivity index (χ0n) is 25.3. The Balaban J connectivity index is 0.000000155. The van der Waals surface area contributed by atoms with Crippen molar-refractivity contribution in [1.82, 2.24) is 4.57 Å². The van der Waals surface area contributed by atoms with Crippen LogP contribution in [0.1, 0.15) is 5.56 Å². The van der Waals surface area contributed by atoms with Gasteiger partial charge in [0.05, 0.1) is 16.7 Å². The molecule has 1 aliphatic heterocycles. The molecule has 1 aromatic heterocycles. The van der Waals surface area contributed by atoms with E-state index in [1.54, 1.807) is 0 Å². The van der Waals surface area contributed by atoms with Crippen LogP contribution in [-0.4, -0.2) is 17.4 Å². The minimum absolute atomic E-state index is 0. The quantitative estimate of drug-likeness (QED) is 0.101. The van der Waals surface area contributed by atoms with E-state index in [0.717, 1.165) is 28.1 Å². The topological polar surface area (TPSA) is 12.1 Å². The van der Waals surface area contributed by atoms with Gasteiger partial charge in [-0.3, -0.25) is 4.57 Å². The number of imidazole rings is 1. The number of fused-ring (bicyclic) bond motifs is 3. The molecule has 0 unspecified atom stereocenters. The Bertz CT molecular complexity index is 2000. The number of aromatic nitrogens is 2. The zero-order valence-corrected chi connectivity index (χ0v) is 29.3. The van der Waals surface area contributed by atoms with E-state index in [1.165, 1.54) is 25.9 Å². The normalized spacial score (nSPS) is 13.4. The van der Waals surface area contributed by atoms with E-state index < -0.39 is 12.8 Å². The summed E-state index contributed by atoms with van der Waals surface area (Å²) >= 11 is -1.90. The molecule has 45 heavy (non-hydrogen) atoms. The van der Waals surface area contributed by atoms with E-state index in [0.29, 0.717) is 0 Å². The fraction of sp³-hybridized carbons (Fsp3) is 0.0750. The van der Waals surface area contributed by atoms with Crippen molar-refractivity contribution < 1.29 is 25.6 Å². The van der Waals surface area contributed by atoms with Crippen molar-refractivity contribution >= 4 is 49.9 Å². The standard InChI is InChI=1S/C20H15N2.C20H17NSe.Pt/c1-16-11-13-18(14-12-16)22-15-21(17-7-3-2-4-8-17)19-9-5-6-10-20(19)22;1-22(2)19-14-8-6-12-17(19)21(16-10-4-3-5-11-16)18-13-7-9-15-20(18)22;/h2-7,9-14H,1H3;3-10,12,14-15H,1-2H3;/q-1;-2;+4. The second kappa shape index (κ2) is 13.0. The molecule has 222 valence electrons. The summed E-state index contributed by atoms with van der Waals surface area (Å²) in [5, 5.41) is 0. The molecule has 0 fully saturated rings. The third-order valence-corrected chi connectivity index (χ3v) is 14.0. The molecular formula is C40H32N3PtSe+. The molecule has 0 aliphatic carbocycles. The second-order valence-electron chi connectivity index (χ2n) is 11.1. The first-order valence-electron chi connectivity index (χ1n) is 14.6. The summed E-state index contributed by atoms with van der Waals surface area (Å²) in [7, 11) is 0. The van der Waals surface area contributed by atoms with Gasteiger partial charge in [-0.15, -0.1) is 0 Å². The Morgan fingerprint density at radius 3 is 1.96 bits per heavy atom. The van der Waals surface area contributed by atoms with Crippen LogP contribution >= 0.6 is 0 Å². The molecule has 1 aliphatic rings. The number of anilines is 3. The summed E-state index contributed by atoms with van der Waals surface area (Å²) in [4.78, 5) is 2.30. The summed E-state index contributed by atoms with van der Waals surface area (Å²) in [5.41, 5.74) is 9.14. The Hall–Kier alpha value is -4.20. The molecule has 3 nitrogen and oxygen atoms in total. The summed E-state index contributed by atoms with van der Waals surface area (Å²) < 4.78 is 7.09. The average molecular weight is 829 g/mol. The van der Waals surface area contributed by atoms with Crippen LogP contribution in [0.4, 0.5) is 17.1 Å². The Morgan fingerprint density at radius 2 is 1.22 bits per heavy atom. The minimum atomic E-state index is -1.90. The van der Waals surface area contributed by atoms with Gasteiger partial charge >= 0.3 is 155 Å². The van der Waals surface area contributed by atoms with Crippen molar-refractivity contribution in [1.29, 1.82) is 0 Å². The molecule has 0 spiro atoms. The largest absolute Gasteiger partial charge is 4.00 e. The monoisotopic (exact) mass is 829 g/mol. The molecule has 8 rings (SSSR count). The predicted octanol–water partition coefficient (Wildman–Crippen LogP) is 7.71. The number of hydrogen-bond acceptors (Lipinski definition) is 1. The van der Waals surface area contributed by atoms with Gasteiger partial charge < -0.3 is 4.57 Å². The van der Waals surface area contributed by atoms with Crippen LogP contribution in [0.3, 0.4) is 0 Å². The number of nitrogens with zero attached hydrogens (tertiary/aromatic N) is 3. The molecular weight excluding hydrogens is 796 g/mol. The third kappa shape index (κ3) is 5.83. The fourth-order valence-electron chi connectivity index (χ4n) is 5.73. The van der Waals surface area contributed by atoms with Crippen LogP contribution in [0.25, 0.3) is 22.4 Å². The molecule has 0 amide bonds. The van der Waals surface area contributed by atoms with Crippen molar-refractivity contribution in [3.05, 3.63) is 170 Å².